The SMILES string of the molecule is CCN(CC)C(=S)SCC(=O)N=c1sccn1Cc1ccccc1Cl. The number of carbonyl (C=O) groups is 1. The van der Waals surface area contributed by atoms with Crippen LogP contribution in [0.1, 0.15) is 19.4 Å². The quantitative estimate of drug-likeness (QED) is 0.670. The first kappa shape index (κ1) is 20.2. The van der Waals surface area contributed by atoms with E-state index in [0.717, 1.165) is 23.0 Å². The van der Waals surface area contributed by atoms with Gasteiger partial charge in [-0.2, -0.15) is 4.99 Å². The summed E-state index contributed by atoms with van der Waals surface area (Å²) in [4.78, 5) is 19.1. The Kier molecular flexibility index (Phi) is 8.15. The van der Waals surface area contributed by atoms with E-state index in [1.165, 1.54) is 23.1 Å². The van der Waals surface area contributed by atoms with Crippen LogP contribution < -0.4 is 4.80 Å². The van der Waals surface area contributed by atoms with Crippen molar-refractivity contribution in [2.75, 3.05) is 18.8 Å². The Labute approximate surface area is 166 Å². The molecule has 4 nitrogen and oxygen atoms in total. The van der Waals surface area contributed by atoms with Gasteiger partial charge in [0.1, 0.15) is 4.32 Å². The van der Waals surface area contributed by atoms with Crippen LogP contribution in [0.4, 0.5) is 0 Å². The van der Waals surface area contributed by atoms with E-state index in [9.17, 15) is 4.79 Å². The molecule has 0 fully saturated rings. The lowest BCUT2D eigenvalue weighted by molar-refractivity contribution is -0.115. The molecule has 0 N–H and O–H groups in total. The predicted molar refractivity (Wildman–Crippen MR) is 111 cm³/mol. The van der Waals surface area contributed by atoms with Crippen LogP contribution >= 0.6 is 46.9 Å². The van der Waals surface area contributed by atoms with E-state index in [0.29, 0.717) is 16.4 Å². The molecule has 25 heavy (non-hydrogen) atoms. The molecule has 0 aliphatic rings. The molecule has 2 rings (SSSR count). The molecule has 0 radical (unpaired) electrons. The van der Waals surface area contributed by atoms with Crippen molar-refractivity contribution in [3.8, 4) is 0 Å². The molecular formula is C17H20ClN3OS3. The Morgan fingerprint density at radius 1 is 1.36 bits per heavy atom. The van der Waals surface area contributed by atoms with Gasteiger partial charge in [0.2, 0.25) is 0 Å². The van der Waals surface area contributed by atoms with Gasteiger partial charge in [0.15, 0.2) is 4.80 Å². The number of hydrogen-bond donors (Lipinski definition) is 0. The number of thioether (sulfide) groups is 1. The number of benzene rings is 1. The highest BCUT2D eigenvalue weighted by molar-refractivity contribution is 8.23. The van der Waals surface area contributed by atoms with Crippen LogP contribution in [0.3, 0.4) is 0 Å². The third kappa shape index (κ3) is 5.95. The standard InChI is InChI=1S/C17H20ClN3OS3/c1-3-20(4-2)17(23)25-12-15(22)19-16-21(9-10-24-16)11-13-7-5-6-8-14(13)18/h5-10H,3-4,11-12H2,1-2H3. The predicted octanol–water partition coefficient (Wildman–Crippen LogP) is 4.04. The highest BCUT2D eigenvalue weighted by Gasteiger charge is 2.09. The number of halogens is 1. The van der Waals surface area contributed by atoms with Crippen molar-refractivity contribution in [2.45, 2.75) is 20.4 Å². The van der Waals surface area contributed by atoms with Crippen LogP contribution in [0.25, 0.3) is 0 Å². The number of carbonyl (C=O) groups excluding carboxylic acids is 1. The smallest absolute Gasteiger partial charge is 0.258 e. The maximum absolute atomic E-state index is 12.2. The summed E-state index contributed by atoms with van der Waals surface area (Å²) in [5.74, 6) is 0.0640. The molecule has 0 saturated carbocycles. The number of thiazole rings is 1. The topological polar surface area (TPSA) is 37.6 Å². The lowest BCUT2D eigenvalue weighted by Gasteiger charge is -2.20. The van der Waals surface area contributed by atoms with Gasteiger partial charge >= 0.3 is 0 Å². The number of nitrogens with zero attached hydrogens (tertiary/aromatic N) is 3. The van der Waals surface area contributed by atoms with E-state index in [-0.39, 0.29) is 11.7 Å². The van der Waals surface area contributed by atoms with Crippen molar-refractivity contribution in [2.24, 2.45) is 4.99 Å². The summed E-state index contributed by atoms with van der Waals surface area (Å²) >= 11 is 14.4. The third-order valence-electron chi connectivity index (χ3n) is 3.52. The summed E-state index contributed by atoms with van der Waals surface area (Å²) in [6.07, 6.45) is 1.91. The molecular weight excluding hydrogens is 394 g/mol. The minimum atomic E-state index is -0.185. The molecule has 8 heteroatoms. The molecule has 1 aromatic heterocycles. The van der Waals surface area contributed by atoms with E-state index in [1.54, 1.807) is 0 Å². The zero-order valence-corrected chi connectivity index (χ0v) is 17.4. The molecule has 0 aliphatic carbocycles. The summed E-state index contributed by atoms with van der Waals surface area (Å²) in [5, 5.41) is 2.62. The highest BCUT2D eigenvalue weighted by Crippen LogP contribution is 2.15. The van der Waals surface area contributed by atoms with Crippen LogP contribution in [0.2, 0.25) is 5.02 Å². The normalized spacial score (nSPS) is 11.6. The number of amides is 1. The average Bonchev–Trinajstić information content (AvgIpc) is 3.03. The molecule has 0 atom stereocenters. The Morgan fingerprint density at radius 2 is 2.08 bits per heavy atom. The molecule has 0 aliphatic heterocycles. The van der Waals surface area contributed by atoms with E-state index in [1.807, 2.05) is 54.3 Å². The van der Waals surface area contributed by atoms with Gasteiger partial charge in [-0.1, -0.05) is 53.8 Å². The fourth-order valence-corrected chi connectivity index (χ4v) is 4.28. The molecule has 0 saturated heterocycles. The second kappa shape index (κ2) is 10.1. The zero-order chi connectivity index (χ0) is 18.2. The lowest BCUT2D eigenvalue weighted by atomic mass is 10.2. The Bertz CT molecular complexity index is 796. The molecule has 0 bridgehead atoms. The Morgan fingerprint density at radius 3 is 2.76 bits per heavy atom. The van der Waals surface area contributed by atoms with Crippen LogP contribution in [-0.4, -0.2) is 38.5 Å². The van der Waals surface area contributed by atoms with Gasteiger partial charge in [-0.3, -0.25) is 4.79 Å². The van der Waals surface area contributed by atoms with Crippen LogP contribution in [-0.2, 0) is 11.3 Å². The van der Waals surface area contributed by atoms with Crippen molar-refractivity contribution in [1.29, 1.82) is 0 Å². The largest absolute Gasteiger partial charge is 0.358 e. The van der Waals surface area contributed by atoms with Crippen LogP contribution in [0, 0.1) is 0 Å². The first-order valence-corrected chi connectivity index (χ1v) is 10.6. The lowest BCUT2D eigenvalue weighted by Crippen LogP contribution is -2.27. The minimum absolute atomic E-state index is 0.185. The Balaban J connectivity index is 2.04. The van der Waals surface area contributed by atoms with Crippen LogP contribution in [0.15, 0.2) is 40.8 Å². The second-order valence-electron chi connectivity index (χ2n) is 5.14. The molecule has 2 aromatic rings. The maximum atomic E-state index is 12.2. The van der Waals surface area contributed by atoms with Gasteiger partial charge < -0.3 is 9.47 Å². The van der Waals surface area contributed by atoms with Crippen molar-refractivity contribution >= 4 is 57.1 Å². The van der Waals surface area contributed by atoms with Gasteiger partial charge in [0, 0.05) is 29.7 Å². The molecule has 1 amide bonds. The van der Waals surface area contributed by atoms with Crippen molar-refractivity contribution in [3.63, 3.8) is 0 Å². The number of aromatic nitrogens is 1. The Hall–Kier alpha value is -1.15. The van der Waals surface area contributed by atoms with E-state index >= 15 is 0 Å². The molecule has 1 heterocycles. The summed E-state index contributed by atoms with van der Waals surface area (Å²) in [5.41, 5.74) is 0.994. The summed E-state index contributed by atoms with van der Waals surface area (Å²) in [6.45, 7) is 6.37. The molecule has 0 spiro atoms. The maximum Gasteiger partial charge on any atom is 0.258 e. The number of thiocarbonyl (C=S) groups is 1. The van der Waals surface area contributed by atoms with Crippen molar-refractivity contribution in [3.05, 3.63) is 51.2 Å². The summed E-state index contributed by atoms with van der Waals surface area (Å²) < 4.78 is 2.67. The van der Waals surface area contributed by atoms with Gasteiger partial charge in [-0.25, -0.2) is 0 Å². The number of rotatable bonds is 6. The monoisotopic (exact) mass is 413 g/mol. The molecule has 1 aromatic carbocycles. The fourth-order valence-electron chi connectivity index (χ4n) is 2.15. The summed E-state index contributed by atoms with van der Waals surface area (Å²) in [6, 6.07) is 7.67. The average molecular weight is 414 g/mol. The summed E-state index contributed by atoms with van der Waals surface area (Å²) in [7, 11) is 0. The third-order valence-corrected chi connectivity index (χ3v) is 6.19. The first-order chi connectivity index (χ1) is 12.0. The van der Waals surface area contributed by atoms with Gasteiger partial charge in [-0.15, -0.1) is 11.3 Å². The highest BCUT2D eigenvalue weighted by atomic mass is 35.5. The van der Waals surface area contributed by atoms with Gasteiger partial charge in [-0.05, 0) is 25.5 Å². The van der Waals surface area contributed by atoms with E-state index in [4.69, 9.17) is 23.8 Å². The fraction of sp³-hybridized carbons (Fsp3) is 0.353. The van der Waals surface area contributed by atoms with Crippen molar-refractivity contribution in [1.82, 2.24) is 9.47 Å². The van der Waals surface area contributed by atoms with E-state index < -0.39 is 0 Å². The van der Waals surface area contributed by atoms with Gasteiger partial charge in [0.25, 0.3) is 5.91 Å². The van der Waals surface area contributed by atoms with Crippen LogP contribution in [0.5, 0.6) is 0 Å². The van der Waals surface area contributed by atoms with E-state index in [2.05, 4.69) is 9.89 Å². The molecule has 0 unspecified atom stereocenters. The minimum Gasteiger partial charge on any atom is -0.358 e. The first-order valence-electron chi connectivity index (χ1n) is 7.91. The van der Waals surface area contributed by atoms with Crippen molar-refractivity contribution < 1.29 is 4.79 Å². The van der Waals surface area contributed by atoms with Gasteiger partial charge in [0.05, 0.1) is 12.3 Å². The molecule has 134 valence electrons. The number of hydrogen-bond acceptors (Lipinski definition) is 4. The second-order valence-corrected chi connectivity index (χ2v) is 8.03. The zero-order valence-electron chi connectivity index (χ0n) is 14.1.